The van der Waals surface area contributed by atoms with Gasteiger partial charge in [-0.05, 0) is 18.6 Å². The predicted octanol–water partition coefficient (Wildman–Crippen LogP) is 0.464. The Morgan fingerprint density at radius 3 is 3.00 bits per heavy atom. The highest BCUT2D eigenvalue weighted by Crippen LogP contribution is 2.11. The summed E-state index contributed by atoms with van der Waals surface area (Å²) in [5.74, 6) is 0.159. The van der Waals surface area contributed by atoms with Crippen molar-refractivity contribution in [3.8, 4) is 0 Å². The first-order valence-corrected chi connectivity index (χ1v) is 5.06. The highest BCUT2D eigenvalue weighted by Gasteiger charge is 2.16. The summed E-state index contributed by atoms with van der Waals surface area (Å²) in [6, 6.07) is 3.56. The molecule has 0 saturated carbocycles. The lowest BCUT2D eigenvalue weighted by atomic mass is 10.2. The third kappa shape index (κ3) is 2.46. The van der Waals surface area contributed by atoms with Gasteiger partial charge in [-0.15, -0.1) is 10.2 Å². The van der Waals surface area contributed by atoms with Gasteiger partial charge in [0.1, 0.15) is 5.82 Å². The molecule has 0 amide bonds. The fraction of sp³-hybridized carbons (Fsp3) is 0.500. The summed E-state index contributed by atoms with van der Waals surface area (Å²) in [6.45, 7) is 1.45. The first-order chi connectivity index (χ1) is 7.79. The van der Waals surface area contributed by atoms with Crippen LogP contribution in [0.25, 0.3) is 0 Å². The van der Waals surface area contributed by atoms with Crippen molar-refractivity contribution in [2.24, 2.45) is 0 Å². The summed E-state index contributed by atoms with van der Waals surface area (Å²) in [6.07, 6.45) is 0.959. The minimum absolute atomic E-state index is 0.204. The Labute approximate surface area is 93.0 Å². The molecule has 1 saturated heterocycles. The minimum atomic E-state index is -0.483. The van der Waals surface area contributed by atoms with E-state index in [-0.39, 0.29) is 11.7 Å². The van der Waals surface area contributed by atoms with Crippen molar-refractivity contribution in [3.05, 3.63) is 17.8 Å². The van der Waals surface area contributed by atoms with E-state index in [0.29, 0.717) is 12.4 Å². The van der Waals surface area contributed by atoms with E-state index >= 15 is 0 Å². The summed E-state index contributed by atoms with van der Waals surface area (Å²) in [5, 5.41) is 10.8. The Hall–Kier alpha value is -1.69. The van der Waals surface area contributed by atoms with E-state index in [1.54, 1.807) is 12.1 Å². The van der Waals surface area contributed by atoms with Crippen molar-refractivity contribution in [2.45, 2.75) is 12.5 Å². The molecule has 0 aliphatic carbocycles. The van der Waals surface area contributed by atoms with Gasteiger partial charge in [-0.3, -0.25) is 0 Å². The van der Waals surface area contributed by atoms with Gasteiger partial charge in [0, 0.05) is 6.61 Å². The van der Waals surface area contributed by atoms with Crippen LogP contribution in [0.4, 0.5) is 5.82 Å². The Bertz CT molecular complexity index is 360. The van der Waals surface area contributed by atoms with Crippen molar-refractivity contribution in [2.75, 3.05) is 25.6 Å². The van der Waals surface area contributed by atoms with Crippen LogP contribution < -0.4 is 5.32 Å². The first kappa shape index (κ1) is 10.8. The topological polar surface area (TPSA) is 73.3 Å². The molecule has 1 atom stereocenters. The van der Waals surface area contributed by atoms with Crippen LogP contribution in [0.3, 0.4) is 0 Å². The Kier molecular flexibility index (Phi) is 3.31. The quantitative estimate of drug-likeness (QED) is 0.751. The molecule has 1 aromatic rings. The summed E-state index contributed by atoms with van der Waals surface area (Å²) >= 11 is 0. The number of methoxy groups -OCH3 is 1. The molecule has 1 fully saturated rings. The monoisotopic (exact) mass is 223 g/mol. The molecule has 1 aliphatic heterocycles. The van der Waals surface area contributed by atoms with Gasteiger partial charge in [0.25, 0.3) is 0 Å². The van der Waals surface area contributed by atoms with Crippen LogP contribution in [0.5, 0.6) is 0 Å². The highest BCUT2D eigenvalue weighted by atomic mass is 16.5. The van der Waals surface area contributed by atoms with Crippen molar-refractivity contribution < 1.29 is 14.3 Å². The third-order valence-corrected chi connectivity index (χ3v) is 2.34. The maximum absolute atomic E-state index is 11.1. The zero-order valence-electron chi connectivity index (χ0n) is 8.97. The summed E-state index contributed by atoms with van der Waals surface area (Å²) in [4.78, 5) is 11.1. The average molecular weight is 223 g/mol. The molecular formula is C10H13N3O3. The number of nitrogens with one attached hydrogen (secondary N) is 1. The lowest BCUT2D eigenvalue weighted by Crippen LogP contribution is -2.20. The van der Waals surface area contributed by atoms with Crippen LogP contribution in [0.2, 0.25) is 0 Å². The van der Waals surface area contributed by atoms with E-state index in [1.807, 2.05) is 0 Å². The molecule has 6 heteroatoms. The van der Waals surface area contributed by atoms with Gasteiger partial charge in [-0.25, -0.2) is 4.79 Å². The molecule has 1 N–H and O–H groups in total. The summed E-state index contributed by atoms with van der Waals surface area (Å²) < 4.78 is 9.75. The van der Waals surface area contributed by atoms with E-state index in [1.165, 1.54) is 7.11 Å². The Morgan fingerprint density at radius 2 is 2.44 bits per heavy atom. The zero-order chi connectivity index (χ0) is 11.4. The van der Waals surface area contributed by atoms with Gasteiger partial charge in [-0.1, -0.05) is 0 Å². The number of carbonyl (C=O) groups is 1. The van der Waals surface area contributed by atoms with Gasteiger partial charge in [-0.2, -0.15) is 0 Å². The van der Waals surface area contributed by atoms with Crippen LogP contribution in [0.1, 0.15) is 16.9 Å². The second-order valence-corrected chi connectivity index (χ2v) is 3.50. The molecule has 0 radical (unpaired) electrons. The molecular weight excluding hydrogens is 210 g/mol. The van der Waals surface area contributed by atoms with Crippen LogP contribution in [0, 0.1) is 0 Å². The normalized spacial score (nSPS) is 19.4. The van der Waals surface area contributed by atoms with Crippen molar-refractivity contribution in [1.29, 1.82) is 0 Å². The maximum Gasteiger partial charge on any atom is 0.358 e. The van der Waals surface area contributed by atoms with Gasteiger partial charge in [0.15, 0.2) is 5.69 Å². The van der Waals surface area contributed by atoms with Crippen LogP contribution >= 0.6 is 0 Å². The molecule has 2 rings (SSSR count). The van der Waals surface area contributed by atoms with E-state index in [0.717, 1.165) is 13.0 Å². The standard InChI is InChI=1S/C10H13N3O3/c1-15-10(14)8-2-3-9(13-12-8)11-7-4-5-16-6-7/h2-3,7H,4-6H2,1H3,(H,11,13). The van der Waals surface area contributed by atoms with Crippen LogP contribution in [-0.4, -0.2) is 42.5 Å². The molecule has 6 nitrogen and oxygen atoms in total. The SMILES string of the molecule is COC(=O)c1ccc(NC2CCOC2)nn1. The molecule has 86 valence electrons. The number of aromatic nitrogens is 2. The number of hydrogen-bond donors (Lipinski definition) is 1. The lowest BCUT2D eigenvalue weighted by molar-refractivity contribution is 0.0593. The average Bonchev–Trinajstić information content (AvgIpc) is 2.82. The fourth-order valence-electron chi connectivity index (χ4n) is 1.48. The second-order valence-electron chi connectivity index (χ2n) is 3.50. The second kappa shape index (κ2) is 4.89. The molecule has 1 aliphatic rings. The van der Waals surface area contributed by atoms with E-state index in [4.69, 9.17) is 4.74 Å². The number of anilines is 1. The maximum atomic E-state index is 11.1. The molecule has 16 heavy (non-hydrogen) atoms. The van der Waals surface area contributed by atoms with Crippen LogP contribution in [0.15, 0.2) is 12.1 Å². The number of carbonyl (C=O) groups excluding carboxylic acids is 1. The number of rotatable bonds is 3. The number of nitrogens with zero attached hydrogens (tertiary/aromatic N) is 2. The van der Waals surface area contributed by atoms with E-state index in [2.05, 4.69) is 20.3 Å². The Morgan fingerprint density at radius 1 is 1.56 bits per heavy atom. The smallest absolute Gasteiger partial charge is 0.358 e. The fourth-order valence-corrected chi connectivity index (χ4v) is 1.48. The van der Waals surface area contributed by atoms with Gasteiger partial charge < -0.3 is 14.8 Å². The van der Waals surface area contributed by atoms with Gasteiger partial charge in [0.2, 0.25) is 0 Å². The van der Waals surface area contributed by atoms with Gasteiger partial charge >= 0.3 is 5.97 Å². The summed E-state index contributed by atoms with van der Waals surface area (Å²) in [7, 11) is 1.31. The molecule has 0 spiro atoms. The first-order valence-electron chi connectivity index (χ1n) is 5.06. The largest absolute Gasteiger partial charge is 0.464 e. The highest BCUT2D eigenvalue weighted by molar-refractivity contribution is 5.86. The molecule has 1 unspecified atom stereocenters. The molecule has 0 bridgehead atoms. The lowest BCUT2D eigenvalue weighted by Gasteiger charge is -2.10. The summed E-state index contributed by atoms with van der Waals surface area (Å²) in [5.41, 5.74) is 0.204. The van der Waals surface area contributed by atoms with Crippen molar-refractivity contribution >= 4 is 11.8 Å². The van der Waals surface area contributed by atoms with Gasteiger partial charge in [0.05, 0.1) is 19.8 Å². The Balaban J connectivity index is 1.98. The van der Waals surface area contributed by atoms with E-state index < -0.39 is 5.97 Å². The van der Waals surface area contributed by atoms with Crippen molar-refractivity contribution in [1.82, 2.24) is 10.2 Å². The minimum Gasteiger partial charge on any atom is -0.464 e. The number of hydrogen-bond acceptors (Lipinski definition) is 6. The molecule has 2 heterocycles. The third-order valence-electron chi connectivity index (χ3n) is 2.34. The van der Waals surface area contributed by atoms with E-state index in [9.17, 15) is 4.79 Å². The molecule has 0 aromatic carbocycles. The predicted molar refractivity (Wildman–Crippen MR) is 56.2 cm³/mol. The molecule has 1 aromatic heterocycles. The number of ether oxygens (including phenoxy) is 2. The number of esters is 1. The van der Waals surface area contributed by atoms with Crippen LogP contribution in [-0.2, 0) is 9.47 Å². The zero-order valence-corrected chi connectivity index (χ0v) is 8.97. The van der Waals surface area contributed by atoms with Crippen molar-refractivity contribution in [3.63, 3.8) is 0 Å².